The van der Waals surface area contributed by atoms with Crippen LogP contribution >= 0.6 is 0 Å². The van der Waals surface area contributed by atoms with Crippen LogP contribution in [0.25, 0.3) is 0 Å². The smallest absolute Gasteiger partial charge is 0.0666 e. The lowest BCUT2D eigenvalue weighted by molar-refractivity contribution is 0.593. The van der Waals surface area contributed by atoms with Gasteiger partial charge in [0.1, 0.15) is 0 Å². The van der Waals surface area contributed by atoms with Crippen molar-refractivity contribution in [3.8, 4) is 6.07 Å². The molecule has 0 aromatic carbocycles. The molecular weight excluding hydrogens is 186 g/mol. The minimum absolute atomic E-state index is 0.0544. The van der Waals surface area contributed by atoms with Crippen LogP contribution in [0.15, 0.2) is 18.3 Å². The molecule has 0 amide bonds. The summed E-state index contributed by atoms with van der Waals surface area (Å²) in [6, 6.07) is 6.25. The van der Waals surface area contributed by atoms with Crippen molar-refractivity contribution < 1.29 is 0 Å². The summed E-state index contributed by atoms with van der Waals surface area (Å²) in [7, 11) is 0. The molecule has 15 heavy (non-hydrogen) atoms. The molecule has 1 unspecified atom stereocenters. The second-order valence-electron chi connectivity index (χ2n) is 3.62. The summed E-state index contributed by atoms with van der Waals surface area (Å²) < 4.78 is 0. The molecule has 0 aliphatic heterocycles. The van der Waals surface area contributed by atoms with Crippen LogP contribution < -0.4 is 5.32 Å². The van der Waals surface area contributed by atoms with Gasteiger partial charge >= 0.3 is 0 Å². The Bertz CT molecular complexity index is 341. The lowest BCUT2D eigenvalue weighted by atomic mass is 10.1. The summed E-state index contributed by atoms with van der Waals surface area (Å²) >= 11 is 0. The van der Waals surface area contributed by atoms with Crippen LogP contribution in [0.5, 0.6) is 0 Å². The molecular formula is C12H17N3. The quantitative estimate of drug-likeness (QED) is 0.795. The predicted molar refractivity (Wildman–Crippen MR) is 60.1 cm³/mol. The Hall–Kier alpha value is -1.40. The van der Waals surface area contributed by atoms with Gasteiger partial charge in [-0.15, -0.1) is 0 Å². The summed E-state index contributed by atoms with van der Waals surface area (Å²) in [5.41, 5.74) is 2.36. The first-order valence-corrected chi connectivity index (χ1v) is 5.31. The van der Waals surface area contributed by atoms with Crippen molar-refractivity contribution in [3.05, 3.63) is 29.6 Å². The zero-order chi connectivity index (χ0) is 11.1. The van der Waals surface area contributed by atoms with Gasteiger partial charge in [0.15, 0.2) is 0 Å². The van der Waals surface area contributed by atoms with Crippen molar-refractivity contribution in [2.24, 2.45) is 5.92 Å². The summed E-state index contributed by atoms with van der Waals surface area (Å²) in [5.74, 6) is 0.0544. The topological polar surface area (TPSA) is 48.7 Å². The second kappa shape index (κ2) is 6.15. The van der Waals surface area contributed by atoms with Crippen LogP contribution in [0.4, 0.5) is 0 Å². The number of hydrogen-bond donors (Lipinski definition) is 1. The molecule has 3 heteroatoms. The first-order chi connectivity index (χ1) is 7.27. The third-order valence-electron chi connectivity index (χ3n) is 2.33. The second-order valence-corrected chi connectivity index (χ2v) is 3.62. The molecule has 80 valence electrons. The van der Waals surface area contributed by atoms with Crippen molar-refractivity contribution in [2.45, 2.75) is 26.8 Å². The molecule has 0 spiro atoms. The minimum atomic E-state index is 0.0544. The Kier molecular flexibility index (Phi) is 4.79. The van der Waals surface area contributed by atoms with E-state index in [1.165, 1.54) is 5.56 Å². The largest absolute Gasteiger partial charge is 0.310 e. The van der Waals surface area contributed by atoms with Gasteiger partial charge in [-0.3, -0.25) is 4.98 Å². The molecule has 1 rings (SSSR count). The normalized spacial score (nSPS) is 12.1. The van der Waals surface area contributed by atoms with Gasteiger partial charge < -0.3 is 5.32 Å². The molecule has 1 aromatic heterocycles. The zero-order valence-corrected chi connectivity index (χ0v) is 9.33. The Labute approximate surface area is 91.1 Å². The van der Waals surface area contributed by atoms with Crippen LogP contribution in [0.1, 0.15) is 25.1 Å². The molecule has 1 aromatic rings. The summed E-state index contributed by atoms with van der Waals surface area (Å²) in [4.78, 5) is 4.33. The average molecular weight is 203 g/mol. The Morgan fingerprint density at radius 3 is 3.07 bits per heavy atom. The molecule has 0 radical (unpaired) electrons. The minimum Gasteiger partial charge on any atom is -0.310 e. The van der Waals surface area contributed by atoms with Gasteiger partial charge in [-0.2, -0.15) is 5.26 Å². The van der Waals surface area contributed by atoms with Crippen molar-refractivity contribution in [2.75, 3.05) is 6.54 Å². The van der Waals surface area contributed by atoms with E-state index in [1.807, 2.05) is 19.2 Å². The van der Waals surface area contributed by atoms with Crippen molar-refractivity contribution in [1.82, 2.24) is 10.3 Å². The lowest BCUT2D eigenvalue weighted by Crippen LogP contribution is -2.21. The van der Waals surface area contributed by atoms with Crippen molar-refractivity contribution in [1.29, 1.82) is 5.26 Å². The SMILES string of the molecule is CCc1cccnc1CNCC(C)C#N. The van der Waals surface area contributed by atoms with E-state index >= 15 is 0 Å². The first kappa shape index (κ1) is 11.7. The third-order valence-corrected chi connectivity index (χ3v) is 2.33. The van der Waals surface area contributed by atoms with Crippen molar-refractivity contribution in [3.63, 3.8) is 0 Å². The summed E-state index contributed by atoms with van der Waals surface area (Å²) in [6.07, 6.45) is 2.81. The van der Waals surface area contributed by atoms with Gasteiger partial charge in [-0.05, 0) is 25.0 Å². The molecule has 3 nitrogen and oxygen atoms in total. The number of rotatable bonds is 5. The number of aromatic nitrogens is 1. The molecule has 0 saturated heterocycles. The van der Waals surface area contributed by atoms with Crippen LogP contribution in [-0.2, 0) is 13.0 Å². The lowest BCUT2D eigenvalue weighted by Gasteiger charge is -2.08. The molecule has 1 N–H and O–H groups in total. The Morgan fingerprint density at radius 2 is 2.40 bits per heavy atom. The van der Waals surface area contributed by atoms with Gasteiger partial charge in [-0.25, -0.2) is 0 Å². The predicted octanol–water partition coefficient (Wildman–Crippen LogP) is 1.89. The number of nitrogens with zero attached hydrogens (tertiary/aromatic N) is 2. The van der Waals surface area contributed by atoms with E-state index in [-0.39, 0.29) is 5.92 Å². The van der Waals surface area contributed by atoms with Crippen LogP contribution in [0, 0.1) is 17.2 Å². The van der Waals surface area contributed by atoms with E-state index in [9.17, 15) is 0 Å². The molecule has 0 saturated carbocycles. The maximum absolute atomic E-state index is 8.63. The van der Waals surface area contributed by atoms with E-state index in [0.717, 1.165) is 25.2 Å². The fourth-order valence-corrected chi connectivity index (χ4v) is 1.41. The number of hydrogen-bond acceptors (Lipinski definition) is 3. The third kappa shape index (κ3) is 3.69. The fourth-order valence-electron chi connectivity index (χ4n) is 1.41. The highest BCUT2D eigenvalue weighted by molar-refractivity contribution is 5.19. The van der Waals surface area contributed by atoms with E-state index < -0.39 is 0 Å². The fraction of sp³-hybridized carbons (Fsp3) is 0.500. The van der Waals surface area contributed by atoms with E-state index in [4.69, 9.17) is 5.26 Å². The van der Waals surface area contributed by atoms with E-state index in [2.05, 4.69) is 29.4 Å². The van der Waals surface area contributed by atoms with Crippen LogP contribution in [-0.4, -0.2) is 11.5 Å². The van der Waals surface area contributed by atoms with Crippen LogP contribution in [0.2, 0.25) is 0 Å². The number of nitrogens with one attached hydrogen (secondary N) is 1. The van der Waals surface area contributed by atoms with Crippen LogP contribution in [0.3, 0.4) is 0 Å². The molecule has 1 atom stereocenters. The molecule has 0 aliphatic carbocycles. The molecule has 0 bridgehead atoms. The van der Waals surface area contributed by atoms with Crippen molar-refractivity contribution >= 4 is 0 Å². The standard InChI is InChI=1S/C12H17N3/c1-3-11-5-4-6-15-12(11)9-14-8-10(2)7-13/h4-6,10,14H,3,8-9H2,1-2H3. The number of aryl methyl sites for hydroxylation is 1. The summed E-state index contributed by atoms with van der Waals surface area (Å²) in [6.45, 7) is 5.50. The first-order valence-electron chi connectivity index (χ1n) is 5.31. The van der Waals surface area contributed by atoms with Gasteiger partial charge in [0, 0.05) is 19.3 Å². The Morgan fingerprint density at radius 1 is 1.60 bits per heavy atom. The number of nitriles is 1. The highest BCUT2D eigenvalue weighted by atomic mass is 14.9. The molecule has 0 aliphatic rings. The summed E-state index contributed by atoms with van der Waals surface area (Å²) in [5, 5.41) is 11.9. The highest BCUT2D eigenvalue weighted by Crippen LogP contribution is 2.05. The Balaban J connectivity index is 2.47. The maximum atomic E-state index is 8.63. The van der Waals surface area contributed by atoms with E-state index in [1.54, 1.807) is 0 Å². The highest BCUT2D eigenvalue weighted by Gasteiger charge is 2.02. The van der Waals surface area contributed by atoms with Gasteiger partial charge in [-0.1, -0.05) is 13.0 Å². The van der Waals surface area contributed by atoms with E-state index in [0.29, 0.717) is 0 Å². The van der Waals surface area contributed by atoms with Gasteiger partial charge in [0.05, 0.1) is 17.7 Å². The maximum Gasteiger partial charge on any atom is 0.0666 e. The molecule has 0 fully saturated rings. The monoisotopic (exact) mass is 203 g/mol. The number of pyridine rings is 1. The molecule has 1 heterocycles. The average Bonchev–Trinajstić information content (AvgIpc) is 2.29. The van der Waals surface area contributed by atoms with Gasteiger partial charge in [0.2, 0.25) is 0 Å². The van der Waals surface area contributed by atoms with Gasteiger partial charge in [0.25, 0.3) is 0 Å². The zero-order valence-electron chi connectivity index (χ0n) is 9.33.